The van der Waals surface area contributed by atoms with E-state index in [0.29, 0.717) is 5.92 Å². The molecule has 3 heteroatoms. The summed E-state index contributed by atoms with van der Waals surface area (Å²) in [6, 6.07) is 0. The lowest BCUT2D eigenvalue weighted by Crippen LogP contribution is -2.24. The molecule has 0 N–H and O–H groups in total. The van der Waals surface area contributed by atoms with E-state index < -0.39 is 8.32 Å². The van der Waals surface area contributed by atoms with E-state index >= 15 is 0 Å². The van der Waals surface area contributed by atoms with Crippen LogP contribution in [0.5, 0.6) is 0 Å². The van der Waals surface area contributed by atoms with Gasteiger partial charge in [0.2, 0.25) is 8.32 Å². The fourth-order valence-corrected chi connectivity index (χ4v) is 3.14. The standard InChI is InChI=1S/C10H22OSSi/c1-7-12-10(8-9(2)3)11-13(4,5)6/h8-9H,7H2,1-6H3/b10-8-. The van der Waals surface area contributed by atoms with E-state index in [9.17, 15) is 0 Å². The summed E-state index contributed by atoms with van der Waals surface area (Å²) < 4.78 is 5.95. The molecule has 78 valence electrons. The van der Waals surface area contributed by atoms with E-state index in [4.69, 9.17) is 4.43 Å². The van der Waals surface area contributed by atoms with Gasteiger partial charge in [0.1, 0.15) is 5.09 Å². The van der Waals surface area contributed by atoms with Gasteiger partial charge in [-0.15, -0.1) is 0 Å². The van der Waals surface area contributed by atoms with Crippen molar-refractivity contribution in [2.75, 3.05) is 5.75 Å². The van der Waals surface area contributed by atoms with Crippen molar-refractivity contribution in [3.8, 4) is 0 Å². The summed E-state index contributed by atoms with van der Waals surface area (Å²) in [5.41, 5.74) is 0. The summed E-state index contributed by atoms with van der Waals surface area (Å²) in [5.74, 6) is 1.66. The lowest BCUT2D eigenvalue weighted by atomic mass is 10.2. The van der Waals surface area contributed by atoms with Crippen molar-refractivity contribution in [3.05, 3.63) is 11.2 Å². The van der Waals surface area contributed by atoms with Crippen LogP contribution in [0.1, 0.15) is 20.8 Å². The normalized spacial score (nSPS) is 13.6. The van der Waals surface area contributed by atoms with Crippen molar-refractivity contribution in [1.82, 2.24) is 0 Å². The van der Waals surface area contributed by atoms with Gasteiger partial charge in [-0.05, 0) is 37.4 Å². The fraction of sp³-hybridized carbons (Fsp3) is 0.800. The molecular weight excluding hydrogens is 196 g/mol. The summed E-state index contributed by atoms with van der Waals surface area (Å²) in [6.45, 7) is 13.2. The molecule has 0 bridgehead atoms. The second-order valence-electron chi connectivity index (χ2n) is 4.38. The molecule has 0 aliphatic carbocycles. The van der Waals surface area contributed by atoms with Crippen LogP contribution >= 0.6 is 11.8 Å². The highest BCUT2D eigenvalue weighted by Gasteiger charge is 2.17. The molecule has 0 atom stereocenters. The highest BCUT2D eigenvalue weighted by molar-refractivity contribution is 8.02. The number of rotatable bonds is 5. The third-order valence-corrected chi connectivity index (χ3v) is 2.94. The molecule has 0 saturated carbocycles. The Labute approximate surface area is 88.1 Å². The average Bonchev–Trinajstić information content (AvgIpc) is 1.81. The summed E-state index contributed by atoms with van der Waals surface area (Å²) in [4.78, 5) is 0. The average molecular weight is 218 g/mol. The molecule has 0 aliphatic heterocycles. The molecule has 0 saturated heterocycles. The number of hydrogen-bond acceptors (Lipinski definition) is 2. The Bertz CT molecular complexity index is 170. The summed E-state index contributed by atoms with van der Waals surface area (Å²) in [5, 5.41) is 1.12. The SMILES string of the molecule is CCS/C(=C\C(C)C)O[Si](C)(C)C. The molecule has 0 fully saturated rings. The van der Waals surface area contributed by atoms with Gasteiger partial charge in [-0.3, -0.25) is 0 Å². The maximum absolute atomic E-state index is 5.95. The van der Waals surface area contributed by atoms with Crippen LogP contribution in [0.4, 0.5) is 0 Å². The summed E-state index contributed by atoms with van der Waals surface area (Å²) >= 11 is 1.81. The topological polar surface area (TPSA) is 9.23 Å². The van der Waals surface area contributed by atoms with Crippen LogP contribution in [0.15, 0.2) is 11.2 Å². The number of allylic oxidation sites excluding steroid dienone is 1. The fourth-order valence-electron chi connectivity index (χ4n) is 0.828. The van der Waals surface area contributed by atoms with Gasteiger partial charge in [0, 0.05) is 0 Å². The van der Waals surface area contributed by atoms with Crippen molar-refractivity contribution in [2.45, 2.75) is 40.4 Å². The van der Waals surface area contributed by atoms with Crippen LogP contribution in [-0.2, 0) is 4.43 Å². The van der Waals surface area contributed by atoms with Gasteiger partial charge >= 0.3 is 0 Å². The van der Waals surface area contributed by atoms with Gasteiger partial charge in [-0.2, -0.15) is 0 Å². The first kappa shape index (κ1) is 13.1. The molecule has 0 heterocycles. The number of thioether (sulfide) groups is 1. The predicted molar refractivity (Wildman–Crippen MR) is 65.5 cm³/mol. The lowest BCUT2D eigenvalue weighted by Gasteiger charge is -2.21. The molecule has 1 nitrogen and oxygen atoms in total. The minimum atomic E-state index is -1.41. The monoisotopic (exact) mass is 218 g/mol. The Kier molecular flexibility index (Phi) is 5.80. The largest absolute Gasteiger partial charge is 0.540 e. The summed E-state index contributed by atoms with van der Waals surface area (Å²) in [7, 11) is -1.41. The molecule has 0 aromatic heterocycles. The molecule has 13 heavy (non-hydrogen) atoms. The van der Waals surface area contributed by atoms with Crippen LogP contribution in [0, 0.1) is 5.92 Å². The van der Waals surface area contributed by atoms with Crippen molar-refractivity contribution < 1.29 is 4.43 Å². The molecule has 0 unspecified atom stereocenters. The minimum Gasteiger partial charge on any atom is -0.540 e. The van der Waals surface area contributed by atoms with E-state index in [-0.39, 0.29) is 0 Å². The van der Waals surface area contributed by atoms with Crippen LogP contribution < -0.4 is 0 Å². The predicted octanol–water partition coefficient (Wildman–Crippen LogP) is 4.09. The van der Waals surface area contributed by atoms with Gasteiger partial charge in [0.25, 0.3) is 0 Å². The summed E-state index contributed by atoms with van der Waals surface area (Å²) in [6.07, 6.45) is 2.21. The van der Waals surface area contributed by atoms with E-state index in [1.807, 2.05) is 0 Å². The van der Waals surface area contributed by atoms with Crippen LogP contribution in [0.25, 0.3) is 0 Å². The molecule has 0 aromatic carbocycles. The van der Waals surface area contributed by atoms with Crippen LogP contribution in [0.3, 0.4) is 0 Å². The zero-order valence-corrected chi connectivity index (χ0v) is 11.5. The Morgan fingerprint density at radius 3 is 2.23 bits per heavy atom. The second-order valence-corrected chi connectivity index (χ2v) is 10.1. The first-order valence-electron chi connectivity index (χ1n) is 4.88. The van der Waals surface area contributed by atoms with E-state index in [2.05, 4.69) is 46.5 Å². The van der Waals surface area contributed by atoms with Crippen molar-refractivity contribution in [3.63, 3.8) is 0 Å². The molecule has 0 amide bonds. The third kappa shape index (κ3) is 8.44. The molecular formula is C10H22OSSi. The number of hydrogen-bond donors (Lipinski definition) is 0. The van der Waals surface area contributed by atoms with Crippen molar-refractivity contribution >= 4 is 20.1 Å². The highest BCUT2D eigenvalue weighted by atomic mass is 32.2. The zero-order chi connectivity index (χ0) is 10.5. The quantitative estimate of drug-likeness (QED) is 0.508. The molecule has 0 aromatic rings. The Morgan fingerprint density at radius 1 is 1.38 bits per heavy atom. The van der Waals surface area contributed by atoms with Gasteiger partial charge < -0.3 is 4.43 Å². The molecule has 0 rings (SSSR count). The van der Waals surface area contributed by atoms with E-state index in [0.717, 1.165) is 10.8 Å². The smallest absolute Gasteiger partial charge is 0.242 e. The maximum atomic E-state index is 5.95. The van der Waals surface area contributed by atoms with Gasteiger partial charge in [-0.1, -0.05) is 32.5 Å². The van der Waals surface area contributed by atoms with E-state index in [1.165, 1.54) is 0 Å². The Balaban J connectivity index is 4.26. The first-order valence-corrected chi connectivity index (χ1v) is 9.28. The Hall–Kier alpha value is 0.107. The molecule has 0 aliphatic rings. The third-order valence-electron chi connectivity index (χ3n) is 1.16. The highest BCUT2D eigenvalue weighted by Crippen LogP contribution is 2.23. The molecule has 0 spiro atoms. The maximum Gasteiger partial charge on any atom is 0.242 e. The van der Waals surface area contributed by atoms with Crippen LogP contribution in [-0.4, -0.2) is 14.1 Å². The van der Waals surface area contributed by atoms with Crippen molar-refractivity contribution in [2.24, 2.45) is 5.92 Å². The lowest BCUT2D eigenvalue weighted by molar-refractivity contribution is 0.457. The zero-order valence-electron chi connectivity index (χ0n) is 9.68. The van der Waals surface area contributed by atoms with Crippen molar-refractivity contribution in [1.29, 1.82) is 0 Å². The second kappa shape index (κ2) is 5.76. The van der Waals surface area contributed by atoms with E-state index in [1.54, 1.807) is 11.8 Å². The van der Waals surface area contributed by atoms with Gasteiger partial charge in [0.05, 0.1) is 0 Å². The Morgan fingerprint density at radius 2 is 1.92 bits per heavy atom. The molecule has 0 radical (unpaired) electrons. The van der Waals surface area contributed by atoms with Crippen LogP contribution in [0.2, 0.25) is 19.6 Å². The minimum absolute atomic E-state index is 0.574. The van der Waals surface area contributed by atoms with Gasteiger partial charge in [0.15, 0.2) is 0 Å². The first-order chi connectivity index (χ1) is 5.85. The van der Waals surface area contributed by atoms with Gasteiger partial charge in [-0.25, -0.2) is 0 Å².